The molecule has 0 unspecified atom stereocenters. The fraction of sp³-hybridized carbons (Fsp3) is 0.917. The highest BCUT2D eigenvalue weighted by Gasteiger charge is 2.24. The van der Waals surface area contributed by atoms with Gasteiger partial charge in [-0.3, -0.25) is 4.79 Å². The molecule has 3 heteroatoms. The quantitative estimate of drug-likeness (QED) is 0.768. The minimum atomic E-state index is 0.168. The van der Waals surface area contributed by atoms with Crippen molar-refractivity contribution < 1.29 is 4.79 Å². The molecule has 1 amide bonds. The van der Waals surface area contributed by atoms with Gasteiger partial charge in [0.2, 0.25) is 5.91 Å². The highest BCUT2D eigenvalue weighted by atomic mass is 16.2. The predicted molar refractivity (Wildman–Crippen MR) is 62.7 cm³/mol. The Kier molecular flexibility index (Phi) is 4.58. The molecule has 3 atom stereocenters. The summed E-state index contributed by atoms with van der Waals surface area (Å²) in [6.45, 7) is 5.12. The molecule has 88 valence electrons. The Hall–Kier alpha value is -0.570. The molecule has 1 aliphatic carbocycles. The van der Waals surface area contributed by atoms with Gasteiger partial charge in [-0.15, -0.1) is 0 Å². The van der Waals surface area contributed by atoms with Gasteiger partial charge >= 0.3 is 0 Å². The van der Waals surface area contributed by atoms with Gasteiger partial charge in [-0.25, -0.2) is 0 Å². The Bertz CT molecular complexity index is 216. The van der Waals surface area contributed by atoms with E-state index in [0.717, 1.165) is 11.8 Å². The molecule has 0 aromatic rings. The van der Waals surface area contributed by atoms with Crippen LogP contribution < -0.4 is 5.32 Å². The third-order valence-corrected chi connectivity index (χ3v) is 3.64. The molecule has 1 N–H and O–H groups in total. The summed E-state index contributed by atoms with van der Waals surface area (Å²) in [5, 5.41) is 3.36. The van der Waals surface area contributed by atoms with Crippen LogP contribution in [0.3, 0.4) is 0 Å². The van der Waals surface area contributed by atoms with Crippen LogP contribution in [0.25, 0.3) is 0 Å². The van der Waals surface area contributed by atoms with Crippen LogP contribution in [0.2, 0.25) is 0 Å². The molecule has 1 fully saturated rings. The summed E-state index contributed by atoms with van der Waals surface area (Å²) >= 11 is 0. The number of nitrogens with one attached hydrogen (secondary N) is 1. The third kappa shape index (κ3) is 3.82. The van der Waals surface area contributed by atoms with E-state index in [9.17, 15) is 4.79 Å². The van der Waals surface area contributed by atoms with Gasteiger partial charge in [0.15, 0.2) is 0 Å². The van der Waals surface area contributed by atoms with Gasteiger partial charge in [-0.2, -0.15) is 0 Å². The molecule has 1 aliphatic rings. The highest BCUT2D eigenvalue weighted by Crippen LogP contribution is 2.29. The van der Waals surface area contributed by atoms with Crippen LogP contribution >= 0.6 is 0 Å². The van der Waals surface area contributed by atoms with E-state index in [1.165, 1.54) is 19.3 Å². The summed E-state index contributed by atoms with van der Waals surface area (Å²) in [5.41, 5.74) is 0. The van der Waals surface area contributed by atoms with E-state index in [-0.39, 0.29) is 5.91 Å². The first-order valence-electron chi connectivity index (χ1n) is 5.94. The lowest BCUT2D eigenvalue weighted by molar-refractivity contribution is -0.127. The van der Waals surface area contributed by atoms with Gasteiger partial charge in [0.05, 0.1) is 6.54 Å². The summed E-state index contributed by atoms with van der Waals surface area (Å²) in [5.74, 6) is 1.79. The van der Waals surface area contributed by atoms with Gasteiger partial charge in [-0.1, -0.05) is 13.8 Å². The Balaban J connectivity index is 2.25. The number of rotatable bonds is 3. The second-order valence-corrected chi connectivity index (χ2v) is 5.13. The SMILES string of the molecule is C[C@H]1CC[C@@H](NCC(=O)N(C)C)C[C@@H]1C. The minimum Gasteiger partial charge on any atom is -0.348 e. The average Bonchev–Trinajstić information content (AvgIpc) is 2.19. The number of amides is 1. The van der Waals surface area contributed by atoms with E-state index < -0.39 is 0 Å². The van der Waals surface area contributed by atoms with Crippen LogP contribution in [-0.4, -0.2) is 37.5 Å². The zero-order valence-corrected chi connectivity index (χ0v) is 10.4. The minimum absolute atomic E-state index is 0.168. The fourth-order valence-electron chi connectivity index (χ4n) is 2.12. The van der Waals surface area contributed by atoms with Crippen molar-refractivity contribution in [3.8, 4) is 0 Å². The van der Waals surface area contributed by atoms with Crippen molar-refractivity contribution in [3.05, 3.63) is 0 Å². The molecule has 0 aromatic heterocycles. The topological polar surface area (TPSA) is 32.3 Å². The Morgan fingerprint density at radius 2 is 1.93 bits per heavy atom. The summed E-state index contributed by atoms with van der Waals surface area (Å²) in [6.07, 6.45) is 3.71. The molecule has 0 heterocycles. The molecule has 0 saturated heterocycles. The number of carbonyl (C=O) groups excluding carboxylic acids is 1. The molecular weight excluding hydrogens is 188 g/mol. The predicted octanol–water partition coefficient (Wildman–Crippen LogP) is 1.49. The molecular formula is C12H24N2O. The summed E-state index contributed by atoms with van der Waals surface area (Å²) in [7, 11) is 3.60. The zero-order chi connectivity index (χ0) is 11.4. The number of nitrogens with zero attached hydrogens (tertiary/aromatic N) is 1. The molecule has 0 spiro atoms. The van der Waals surface area contributed by atoms with E-state index in [2.05, 4.69) is 19.2 Å². The summed E-state index contributed by atoms with van der Waals surface area (Å²) in [4.78, 5) is 13.0. The maximum atomic E-state index is 11.4. The molecule has 0 bridgehead atoms. The lowest BCUT2D eigenvalue weighted by Gasteiger charge is -2.32. The van der Waals surface area contributed by atoms with Gasteiger partial charge in [-0.05, 0) is 31.1 Å². The smallest absolute Gasteiger partial charge is 0.236 e. The van der Waals surface area contributed by atoms with Crippen LogP contribution in [0, 0.1) is 11.8 Å². The van der Waals surface area contributed by atoms with Gasteiger partial charge in [0.1, 0.15) is 0 Å². The Morgan fingerprint density at radius 1 is 1.27 bits per heavy atom. The molecule has 1 saturated carbocycles. The fourth-order valence-corrected chi connectivity index (χ4v) is 2.12. The first-order chi connectivity index (χ1) is 7.00. The van der Waals surface area contributed by atoms with Crippen LogP contribution in [0.5, 0.6) is 0 Å². The number of hydrogen-bond donors (Lipinski definition) is 1. The molecule has 15 heavy (non-hydrogen) atoms. The van der Waals surface area contributed by atoms with Crippen molar-refractivity contribution in [2.24, 2.45) is 11.8 Å². The van der Waals surface area contributed by atoms with Crippen molar-refractivity contribution in [1.29, 1.82) is 0 Å². The van der Waals surface area contributed by atoms with Crippen LogP contribution in [0.15, 0.2) is 0 Å². The van der Waals surface area contributed by atoms with E-state index in [1.807, 2.05) is 0 Å². The van der Waals surface area contributed by atoms with Crippen molar-refractivity contribution in [2.45, 2.75) is 39.2 Å². The largest absolute Gasteiger partial charge is 0.348 e. The molecule has 1 rings (SSSR count). The Morgan fingerprint density at radius 3 is 2.47 bits per heavy atom. The second kappa shape index (κ2) is 5.50. The van der Waals surface area contributed by atoms with E-state index >= 15 is 0 Å². The standard InChI is InChI=1S/C12H24N2O/c1-9-5-6-11(7-10(9)2)13-8-12(15)14(3)4/h9-11,13H,5-8H2,1-4H3/t9-,10-,11+/m0/s1. The first-order valence-corrected chi connectivity index (χ1v) is 5.94. The van der Waals surface area contributed by atoms with Crippen LogP contribution in [0.4, 0.5) is 0 Å². The summed E-state index contributed by atoms with van der Waals surface area (Å²) < 4.78 is 0. The lowest BCUT2D eigenvalue weighted by Crippen LogP contribution is -2.41. The monoisotopic (exact) mass is 212 g/mol. The van der Waals surface area contributed by atoms with Crippen LogP contribution in [-0.2, 0) is 4.79 Å². The van der Waals surface area contributed by atoms with Crippen molar-refractivity contribution in [1.82, 2.24) is 10.2 Å². The van der Waals surface area contributed by atoms with Gasteiger partial charge in [0.25, 0.3) is 0 Å². The third-order valence-electron chi connectivity index (χ3n) is 3.64. The number of hydrogen-bond acceptors (Lipinski definition) is 2. The maximum absolute atomic E-state index is 11.4. The average molecular weight is 212 g/mol. The van der Waals surface area contributed by atoms with Crippen LogP contribution in [0.1, 0.15) is 33.1 Å². The molecule has 0 aromatic carbocycles. The molecule has 0 radical (unpaired) electrons. The molecule has 3 nitrogen and oxygen atoms in total. The maximum Gasteiger partial charge on any atom is 0.236 e. The van der Waals surface area contributed by atoms with Gasteiger partial charge < -0.3 is 10.2 Å². The summed E-state index contributed by atoms with van der Waals surface area (Å²) in [6, 6.07) is 0.542. The number of likely N-dealkylation sites (N-methyl/N-ethyl adjacent to an activating group) is 1. The second-order valence-electron chi connectivity index (χ2n) is 5.13. The highest BCUT2D eigenvalue weighted by molar-refractivity contribution is 5.77. The zero-order valence-electron chi connectivity index (χ0n) is 10.4. The van der Waals surface area contributed by atoms with Crippen molar-refractivity contribution >= 4 is 5.91 Å². The van der Waals surface area contributed by atoms with Crippen molar-refractivity contribution in [2.75, 3.05) is 20.6 Å². The normalized spacial score (nSPS) is 31.3. The first kappa shape index (κ1) is 12.5. The van der Waals surface area contributed by atoms with E-state index in [4.69, 9.17) is 0 Å². The van der Waals surface area contributed by atoms with E-state index in [1.54, 1.807) is 19.0 Å². The van der Waals surface area contributed by atoms with E-state index in [0.29, 0.717) is 12.6 Å². The number of carbonyl (C=O) groups is 1. The lowest BCUT2D eigenvalue weighted by atomic mass is 9.79. The Labute approximate surface area is 93.2 Å². The molecule has 0 aliphatic heterocycles. The van der Waals surface area contributed by atoms with Gasteiger partial charge in [0, 0.05) is 20.1 Å². The van der Waals surface area contributed by atoms with Crippen molar-refractivity contribution in [3.63, 3.8) is 0 Å².